The number of thioether (sulfide) groups is 1. The van der Waals surface area contributed by atoms with Crippen molar-refractivity contribution in [1.29, 1.82) is 0 Å². The SMILES string of the molecule is O=C(CSCc1cccs1)NCCCO. The summed E-state index contributed by atoms with van der Waals surface area (Å²) in [7, 11) is 0. The van der Waals surface area contributed by atoms with Gasteiger partial charge in [0.25, 0.3) is 0 Å². The minimum atomic E-state index is 0.0463. The zero-order valence-electron chi connectivity index (χ0n) is 8.44. The van der Waals surface area contributed by atoms with Crippen molar-refractivity contribution in [3.8, 4) is 0 Å². The van der Waals surface area contributed by atoms with E-state index in [1.807, 2.05) is 11.4 Å². The van der Waals surface area contributed by atoms with E-state index >= 15 is 0 Å². The van der Waals surface area contributed by atoms with Crippen LogP contribution >= 0.6 is 23.1 Å². The minimum absolute atomic E-state index is 0.0463. The van der Waals surface area contributed by atoms with E-state index in [2.05, 4.69) is 11.4 Å². The number of aliphatic hydroxyl groups is 1. The maximum absolute atomic E-state index is 11.2. The van der Waals surface area contributed by atoms with Crippen LogP contribution in [0.4, 0.5) is 0 Å². The van der Waals surface area contributed by atoms with Gasteiger partial charge in [-0.2, -0.15) is 0 Å². The molecule has 84 valence electrons. The number of carbonyl (C=O) groups is 1. The van der Waals surface area contributed by atoms with Gasteiger partial charge in [0.1, 0.15) is 0 Å². The van der Waals surface area contributed by atoms with Crippen LogP contribution in [0.25, 0.3) is 0 Å². The van der Waals surface area contributed by atoms with Crippen LogP contribution in [-0.2, 0) is 10.5 Å². The summed E-state index contributed by atoms with van der Waals surface area (Å²) in [6, 6.07) is 4.09. The molecule has 3 nitrogen and oxygen atoms in total. The Balaban J connectivity index is 2.02. The number of aliphatic hydroxyl groups excluding tert-OH is 1. The molecule has 0 aliphatic carbocycles. The molecule has 5 heteroatoms. The Morgan fingerprint density at radius 1 is 1.60 bits per heavy atom. The third-order valence-corrected chi connectivity index (χ3v) is 3.76. The van der Waals surface area contributed by atoms with Crippen molar-refractivity contribution in [2.45, 2.75) is 12.2 Å². The molecule has 15 heavy (non-hydrogen) atoms. The van der Waals surface area contributed by atoms with Crippen LogP contribution < -0.4 is 5.32 Å². The summed E-state index contributed by atoms with van der Waals surface area (Å²) < 4.78 is 0. The number of rotatable bonds is 7. The Hall–Kier alpha value is -0.520. The fourth-order valence-electron chi connectivity index (χ4n) is 0.997. The molecule has 0 radical (unpaired) electrons. The van der Waals surface area contributed by atoms with Crippen LogP contribution in [0.15, 0.2) is 17.5 Å². The van der Waals surface area contributed by atoms with Crippen LogP contribution in [0.3, 0.4) is 0 Å². The Labute approximate surface area is 97.9 Å². The highest BCUT2D eigenvalue weighted by atomic mass is 32.2. The lowest BCUT2D eigenvalue weighted by Gasteiger charge is -2.02. The number of carbonyl (C=O) groups excluding carboxylic acids is 1. The molecular weight excluding hydrogens is 230 g/mol. The molecule has 1 amide bonds. The normalized spacial score (nSPS) is 10.2. The van der Waals surface area contributed by atoms with E-state index < -0.39 is 0 Å². The lowest BCUT2D eigenvalue weighted by atomic mass is 10.4. The highest BCUT2D eigenvalue weighted by Crippen LogP contribution is 2.16. The summed E-state index contributed by atoms with van der Waals surface area (Å²) in [5.74, 6) is 1.43. The smallest absolute Gasteiger partial charge is 0.230 e. The highest BCUT2D eigenvalue weighted by Gasteiger charge is 2.01. The van der Waals surface area contributed by atoms with Crippen molar-refractivity contribution in [2.75, 3.05) is 18.9 Å². The third-order valence-electron chi connectivity index (χ3n) is 1.71. The maximum Gasteiger partial charge on any atom is 0.230 e. The molecule has 0 fully saturated rings. The lowest BCUT2D eigenvalue weighted by molar-refractivity contribution is -0.118. The third kappa shape index (κ3) is 5.81. The van der Waals surface area contributed by atoms with Gasteiger partial charge in [-0.1, -0.05) is 6.07 Å². The molecule has 0 aliphatic rings. The largest absolute Gasteiger partial charge is 0.396 e. The van der Waals surface area contributed by atoms with Crippen LogP contribution in [0.2, 0.25) is 0 Å². The van der Waals surface area contributed by atoms with E-state index in [0.29, 0.717) is 18.7 Å². The number of amides is 1. The molecule has 2 N–H and O–H groups in total. The van der Waals surface area contributed by atoms with Gasteiger partial charge in [0.2, 0.25) is 5.91 Å². The second-order valence-electron chi connectivity index (χ2n) is 3.00. The number of nitrogens with one attached hydrogen (secondary N) is 1. The molecule has 1 aromatic heterocycles. The zero-order chi connectivity index (χ0) is 10.9. The van der Waals surface area contributed by atoms with Crippen molar-refractivity contribution in [1.82, 2.24) is 5.32 Å². The molecule has 0 atom stereocenters. The Morgan fingerprint density at radius 2 is 2.47 bits per heavy atom. The van der Waals surface area contributed by atoms with Crippen molar-refractivity contribution in [3.63, 3.8) is 0 Å². The molecule has 1 rings (SSSR count). The van der Waals surface area contributed by atoms with Gasteiger partial charge in [-0.05, 0) is 17.9 Å². The first-order chi connectivity index (χ1) is 7.33. The van der Waals surface area contributed by atoms with Gasteiger partial charge < -0.3 is 10.4 Å². The second-order valence-corrected chi connectivity index (χ2v) is 5.02. The fourth-order valence-corrected chi connectivity index (χ4v) is 2.70. The van der Waals surface area contributed by atoms with Crippen LogP contribution in [0, 0.1) is 0 Å². The molecular formula is C10H15NO2S2. The number of hydrogen-bond donors (Lipinski definition) is 2. The van der Waals surface area contributed by atoms with Crippen LogP contribution in [0.5, 0.6) is 0 Å². The van der Waals surface area contributed by atoms with E-state index in [1.54, 1.807) is 23.1 Å². The molecule has 1 aromatic rings. The molecule has 0 aliphatic heterocycles. The first-order valence-corrected chi connectivity index (χ1v) is 6.84. The monoisotopic (exact) mass is 245 g/mol. The van der Waals surface area contributed by atoms with E-state index in [-0.39, 0.29) is 12.5 Å². The van der Waals surface area contributed by atoms with E-state index in [1.165, 1.54) is 4.88 Å². The average molecular weight is 245 g/mol. The first kappa shape index (κ1) is 12.5. The van der Waals surface area contributed by atoms with Gasteiger partial charge in [-0.15, -0.1) is 23.1 Å². The van der Waals surface area contributed by atoms with Crippen LogP contribution in [0.1, 0.15) is 11.3 Å². The predicted octanol–water partition coefficient (Wildman–Crippen LogP) is 1.48. The fraction of sp³-hybridized carbons (Fsp3) is 0.500. The van der Waals surface area contributed by atoms with Crippen molar-refractivity contribution >= 4 is 29.0 Å². The molecule has 0 saturated heterocycles. The summed E-state index contributed by atoms with van der Waals surface area (Å²) in [5, 5.41) is 13.3. The summed E-state index contributed by atoms with van der Waals surface area (Å²) in [4.78, 5) is 12.5. The number of thiophene rings is 1. The molecule has 0 bridgehead atoms. The van der Waals surface area contributed by atoms with Gasteiger partial charge >= 0.3 is 0 Å². The quantitative estimate of drug-likeness (QED) is 0.715. The number of hydrogen-bond acceptors (Lipinski definition) is 4. The van der Waals surface area contributed by atoms with Crippen molar-refractivity contribution < 1.29 is 9.90 Å². The summed E-state index contributed by atoms with van der Waals surface area (Å²) in [5.41, 5.74) is 0. The Morgan fingerprint density at radius 3 is 3.13 bits per heavy atom. The maximum atomic E-state index is 11.2. The van der Waals surface area contributed by atoms with Crippen molar-refractivity contribution in [3.05, 3.63) is 22.4 Å². The van der Waals surface area contributed by atoms with Crippen LogP contribution in [-0.4, -0.2) is 29.9 Å². The van der Waals surface area contributed by atoms with E-state index in [4.69, 9.17) is 5.11 Å². The summed E-state index contributed by atoms with van der Waals surface area (Å²) in [6.07, 6.45) is 0.626. The molecule has 0 aromatic carbocycles. The van der Waals surface area contributed by atoms with Gasteiger partial charge in [-0.3, -0.25) is 4.79 Å². The van der Waals surface area contributed by atoms with Gasteiger partial charge in [-0.25, -0.2) is 0 Å². The predicted molar refractivity (Wildman–Crippen MR) is 65.2 cm³/mol. The Kier molecular flexibility index (Phi) is 6.47. The second kappa shape index (κ2) is 7.73. The standard InChI is InChI=1S/C10H15NO2S2/c12-5-2-4-11-10(13)8-14-7-9-3-1-6-15-9/h1,3,6,12H,2,4-5,7-8H2,(H,11,13). The highest BCUT2D eigenvalue weighted by molar-refractivity contribution is 7.99. The average Bonchev–Trinajstić information content (AvgIpc) is 2.71. The minimum Gasteiger partial charge on any atom is -0.396 e. The van der Waals surface area contributed by atoms with E-state index in [9.17, 15) is 4.79 Å². The van der Waals surface area contributed by atoms with Gasteiger partial charge in [0.15, 0.2) is 0 Å². The van der Waals surface area contributed by atoms with E-state index in [0.717, 1.165) is 5.75 Å². The lowest BCUT2D eigenvalue weighted by Crippen LogP contribution is -2.26. The molecule has 0 saturated carbocycles. The summed E-state index contributed by atoms with van der Waals surface area (Å²) >= 11 is 3.32. The first-order valence-electron chi connectivity index (χ1n) is 4.80. The zero-order valence-corrected chi connectivity index (χ0v) is 10.1. The molecule has 0 unspecified atom stereocenters. The summed E-state index contributed by atoms with van der Waals surface area (Å²) in [6.45, 7) is 0.692. The molecule has 1 heterocycles. The van der Waals surface area contributed by atoms with Gasteiger partial charge in [0.05, 0.1) is 5.75 Å². The molecule has 0 spiro atoms. The van der Waals surface area contributed by atoms with Gasteiger partial charge in [0, 0.05) is 23.8 Å². The Bertz CT molecular complexity index is 275. The van der Waals surface area contributed by atoms with Crippen molar-refractivity contribution in [2.24, 2.45) is 0 Å². The topological polar surface area (TPSA) is 49.3 Å².